The van der Waals surface area contributed by atoms with Crippen molar-refractivity contribution in [3.63, 3.8) is 0 Å². The van der Waals surface area contributed by atoms with Crippen molar-refractivity contribution in [3.8, 4) is 0 Å². The Hall–Kier alpha value is -2.83. The number of rotatable bonds is 3. The lowest BCUT2D eigenvalue weighted by Crippen LogP contribution is -2.38. The molecule has 0 fully saturated rings. The number of nitrogens with zero attached hydrogens (tertiary/aromatic N) is 2. The molecule has 7 heteroatoms. The lowest BCUT2D eigenvalue weighted by molar-refractivity contribution is 0.0974. The Morgan fingerprint density at radius 3 is 2.62 bits per heavy atom. The van der Waals surface area contributed by atoms with Gasteiger partial charge < -0.3 is 10.0 Å². The fourth-order valence-corrected chi connectivity index (χ4v) is 3.71. The van der Waals surface area contributed by atoms with Crippen LogP contribution in [0.4, 0.5) is 14.5 Å². The summed E-state index contributed by atoms with van der Waals surface area (Å²) in [6, 6.07) is 10.0. The van der Waals surface area contributed by atoms with E-state index in [1.807, 2.05) is 0 Å². The minimum Gasteiger partial charge on any atom is -0.381 e. The first-order valence-electron chi connectivity index (χ1n) is 9.01. The van der Waals surface area contributed by atoms with E-state index in [0.29, 0.717) is 34.8 Å². The molecule has 0 aliphatic carbocycles. The number of hydrogen-bond donors (Lipinski definition) is 1. The number of halogens is 3. The highest BCUT2D eigenvalue weighted by Gasteiger charge is 2.30. The second kappa shape index (κ2) is 7.21. The molecule has 3 aromatic rings. The number of carbonyl (C=O) groups excluding carboxylic acids is 1. The van der Waals surface area contributed by atoms with Gasteiger partial charge in [-0.3, -0.25) is 9.78 Å². The number of benzene rings is 2. The highest BCUT2D eigenvalue weighted by atomic mass is 35.5. The quantitative estimate of drug-likeness (QED) is 0.688. The predicted octanol–water partition coefficient (Wildman–Crippen LogP) is 4.47. The SMILES string of the molecule is CC(O)(c1cncc(N2CCc3cc(Cl)ccc3C2=O)c1)c1ccc(F)c(F)c1. The van der Waals surface area contributed by atoms with Gasteiger partial charge in [0, 0.05) is 28.9 Å². The summed E-state index contributed by atoms with van der Waals surface area (Å²) >= 11 is 6.01. The van der Waals surface area contributed by atoms with Crippen LogP contribution in [0.2, 0.25) is 5.02 Å². The molecule has 148 valence electrons. The topological polar surface area (TPSA) is 53.4 Å². The maximum absolute atomic E-state index is 13.7. The molecule has 4 nitrogen and oxygen atoms in total. The second-order valence-electron chi connectivity index (χ2n) is 7.14. The van der Waals surface area contributed by atoms with Crippen LogP contribution >= 0.6 is 11.6 Å². The van der Waals surface area contributed by atoms with E-state index in [4.69, 9.17) is 11.6 Å². The Bertz CT molecular complexity index is 1120. The van der Waals surface area contributed by atoms with E-state index in [-0.39, 0.29) is 11.5 Å². The van der Waals surface area contributed by atoms with Gasteiger partial charge in [-0.1, -0.05) is 17.7 Å². The molecule has 0 bridgehead atoms. The number of fused-ring (bicyclic) bond motifs is 1. The Balaban J connectivity index is 1.69. The van der Waals surface area contributed by atoms with Gasteiger partial charge in [0.1, 0.15) is 5.60 Å². The molecule has 0 radical (unpaired) electrons. The molecule has 0 saturated heterocycles. The van der Waals surface area contributed by atoms with Gasteiger partial charge in [-0.15, -0.1) is 0 Å². The Labute approximate surface area is 171 Å². The van der Waals surface area contributed by atoms with Gasteiger partial charge in [-0.05, 0) is 60.9 Å². The zero-order valence-electron chi connectivity index (χ0n) is 15.5. The molecule has 1 atom stereocenters. The van der Waals surface area contributed by atoms with Gasteiger partial charge in [0.2, 0.25) is 0 Å². The molecule has 29 heavy (non-hydrogen) atoms. The van der Waals surface area contributed by atoms with Crippen molar-refractivity contribution in [2.75, 3.05) is 11.4 Å². The summed E-state index contributed by atoms with van der Waals surface area (Å²) in [7, 11) is 0. The third kappa shape index (κ3) is 3.50. The van der Waals surface area contributed by atoms with Crippen molar-refractivity contribution >= 4 is 23.2 Å². The van der Waals surface area contributed by atoms with Crippen molar-refractivity contribution in [2.45, 2.75) is 18.9 Å². The lowest BCUT2D eigenvalue weighted by Gasteiger charge is -2.30. The molecule has 1 aromatic heterocycles. The molecular formula is C22H17ClF2N2O2. The van der Waals surface area contributed by atoms with Crippen LogP contribution in [0, 0.1) is 11.6 Å². The molecule has 2 aromatic carbocycles. The minimum absolute atomic E-state index is 0.181. The first kappa shape index (κ1) is 19.5. The van der Waals surface area contributed by atoms with Crippen LogP contribution in [0.5, 0.6) is 0 Å². The largest absolute Gasteiger partial charge is 0.381 e. The number of hydrogen-bond acceptors (Lipinski definition) is 3. The Morgan fingerprint density at radius 1 is 1.07 bits per heavy atom. The average molecular weight is 415 g/mol. The van der Waals surface area contributed by atoms with Crippen LogP contribution in [0.15, 0.2) is 54.9 Å². The highest BCUT2D eigenvalue weighted by Crippen LogP contribution is 2.33. The summed E-state index contributed by atoms with van der Waals surface area (Å²) in [6.07, 6.45) is 3.60. The standard InChI is InChI=1S/C22H17ClF2N2O2/c1-22(29,14-2-5-19(24)20(25)10-14)15-9-17(12-26-11-15)27-7-6-13-8-16(23)3-4-18(13)21(27)28/h2-5,8-12,29H,6-7H2,1H3. The lowest BCUT2D eigenvalue weighted by atomic mass is 9.89. The van der Waals surface area contributed by atoms with Crippen molar-refractivity contribution in [1.82, 2.24) is 4.98 Å². The van der Waals surface area contributed by atoms with Crippen molar-refractivity contribution in [2.24, 2.45) is 0 Å². The number of anilines is 1. The van der Waals surface area contributed by atoms with Gasteiger partial charge in [0.25, 0.3) is 5.91 Å². The fourth-order valence-electron chi connectivity index (χ4n) is 3.51. The second-order valence-corrected chi connectivity index (χ2v) is 7.58. The maximum atomic E-state index is 13.7. The third-order valence-corrected chi connectivity index (χ3v) is 5.46. The van der Waals surface area contributed by atoms with Gasteiger partial charge in [-0.25, -0.2) is 8.78 Å². The van der Waals surface area contributed by atoms with Crippen LogP contribution in [-0.4, -0.2) is 22.5 Å². The molecule has 2 heterocycles. The van der Waals surface area contributed by atoms with Crippen LogP contribution in [0.25, 0.3) is 0 Å². The molecule has 1 aliphatic rings. The zero-order valence-corrected chi connectivity index (χ0v) is 16.3. The normalized spacial score (nSPS) is 15.8. The fraction of sp³-hybridized carbons (Fsp3) is 0.182. The van der Waals surface area contributed by atoms with Gasteiger partial charge in [0.05, 0.1) is 11.9 Å². The molecule has 1 N–H and O–H groups in total. The first-order chi connectivity index (χ1) is 13.8. The summed E-state index contributed by atoms with van der Waals surface area (Å²) in [5.74, 6) is -2.23. The van der Waals surface area contributed by atoms with Crippen LogP contribution < -0.4 is 4.90 Å². The van der Waals surface area contributed by atoms with Gasteiger partial charge in [-0.2, -0.15) is 0 Å². The van der Waals surface area contributed by atoms with Crippen LogP contribution in [0.1, 0.15) is 34.0 Å². The van der Waals surface area contributed by atoms with E-state index >= 15 is 0 Å². The van der Waals surface area contributed by atoms with E-state index in [0.717, 1.165) is 17.7 Å². The Kier molecular flexibility index (Phi) is 4.84. The highest BCUT2D eigenvalue weighted by molar-refractivity contribution is 6.30. The summed E-state index contributed by atoms with van der Waals surface area (Å²) in [6.45, 7) is 1.90. The van der Waals surface area contributed by atoms with Crippen molar-refractivity contribution in [3.05, 3.63) is 93.8 Å². The molecule has 1 unspecified atom stereocenters. The monoisotopic (exact) mass is 414 g/mol. The summed E-state index contributed by atoms with van der Waals surface area (Å²) in [5.41, 5.74) is 0.879. The molecule has 1 aliphatic heterocycles. The number of carbonyl (C=O) groups is 1. The van der Waals surface area contributed by atoms with Crippen LogP contribution in [0.3, 0.4) is 0 Å². The number of pyridine rings is 1. The maximum Gasteiger partial charge on any atom is 0.258 e. The summed E-state index contributed by atoms with van der Waals surface area (Å²) in [4.78, 5) is 18.7. The number of amides is 1. The number of aliphatic hydroxyl groups is 1. The molecule has 0 spiro atoms. The van der Waals surface area contributed by atoms with Crippen LogP contribution in [-0.2, 0) is 12.0 Å². The van der Waals surface area contributed by atoms with Gasteiger partial charge in [0.15, 0.2) is 11.6 Å². The van der Waals surface area contributed by atoms with Crippen molar-refractivity contribution in [1.29, 1.82) is 0 Å². The number of aromatic nitrogens is 1. The molecule has 0 saturated carbocycles. The summed E-state index contributed by atoms with van der Waals surface area (Å²) < 4.78 is 26.9. The van der Waals surface area contributed by atoms with E-state index in [2.05, 4.69) is 4.98 Å². The minimum atomic E-state index is -1.62. The third-order valence-electron chi connectivity index (χ3n) is 5.23. The first-order valence-corrected chi connectivity index (χ1v) is 9.39. The van der Waals surface area contributed by atoms with E-state index in [9.17, 15) is 18.7 Å². The van der Waals surface area contributed by atoms with Crippen molar-refractivity contribution < 1.29 is 18.7 Å². The van der Waals surface area contributed by atoms with E-state index in [1.54, 1.807) is 29.2 Å². The Morgan fingerprint density at radius 2 is 1.86 bits per heavy atom. The zero-order chi connectivity index (χ0) is 20.8. The molecule has 4 rings (SSSR count). The smallest absolute Gasteiger partial charge is 0.258 e. The predicted molar refractivity (Wildman–Crippen MR) is 106 cm³/mol. The van der Waals surface area contributed by atoms with Gasteiger partial charge >= 0.3 is 0 Å². The average Bonchev–Trinajstić information content (AvgIpc) is 2.70. The van der Waals surface area contributed by atoms with E-state index < -0.39 is 17.2 Å². The summed E-state index contributed by atoms with van der Waals surface area (Å²) in [5, 5.41) is 11.6. The van der Waals surface area contributed by atoms with E-state index in [1.165, 1.54) is 25.4 Å². The molecular weight excluding hydrogens is 398 g/mol. The molecule has 1 amide bonds.